The molecule has 0 unspecified atom stereocenters. The van der Waals surface area contributed by atoms with Crippen LogP contribution in [0.1, 0.15) is 16.8 Å². The first-order chi connectivity index (χ1) is 17.9. The van der Waals surface area contributed by atoms with E-state index in [4.69, 9.17) is 26.3 Å². The molecule has 2 heterocycles. The van der Waals surface area contributed by atoms with Gasteiger partial charge in [-0.1, -0.05) is 54.1 Å². The van der Waals surface area contributed by atoms with Crippen molar-refractivity contribution in [2.45, 2.75) is 19.5 Å². The molecule has 4 aromatic rings. The molecule has 0 bridgehead atoms. The monoisotopic (exact) mass is 517 g/mol. The van der Waals surface area contributed by atoms with E-state index in [1.54, 1.807) is 41.3 Å². The number of hydrogen-bond acceptors (Lipinski definition) is 5. The number of anilines is 2. The lowest BCUT2D eigenvalue weighted by Crippen LogP contribution is -2.39. The first-order valence-corrected chi connectivity index (χ1v) is 12.2. The van der Waals surface area contributed by atoms with Gasteiger partial charge in [0.15, 0.2) is 0 Å². The Morgan fingerprint density at radius 2 is 1.89 bits per heavy atom. The van der Waals surface area contributed by atoms with Gasteiger partial charge in [-0.15, -0.1) is 0 Å². The highest BCUT2D eigenvalue weighted by atomic mass is 35.5. The highest BCUT2D eigenvalue weighted by molar-refractivity contribution is 6.30. The smallest absolute Gasteiger partial charge is 0.322 e. The molecule has 0 saturated carbocycles. The van der Waals surface area contributed by atoms with Crippen molar-refractivity contribution in [3.05, 3.63) is 107 Å². The third-order valence-electron chi connectivity index (χ3n) is 5.99. The van der Waals surface area contributed by atoms with E-state index in [2.05, 4.69) is 5.32 Å². The second kappa shape index (κ2) is 10.8. The highest BCUT2D eigenvalue weighted by Crippen LogP contribution is 2.32. The van der Waals surface area contributed by atoms with Gasteiger partial charge in [-0.3, -0.25) is 0 Å². The normalized spacial score (nSPS) is 12.6. The van der Waals surface area contributed by atoms with Crippen molar-refractivity contribution in [2.75, 3.05) is 23.8 Å². The fourth-order valence-corrected chi connectivity index (χ4v) is 4.33. The third-order valence-corrected chi connectivity index (χ3v) is 6.22. The number of aromatic nitrogens is 2. The molecule has 0 radical (unpaired) electrons. The van der Waals surface area contributed by atoms with Crippen LogP contribution < -0.4 is 15.0 Å². The molecule has 1 aliphatic heterocycles. The van der Waals surface area contributed by atoms with Crippen molar-refractivity contribution < 1.29 is 13.9 Å². The summed E-state index contributed by atoms with van der Waals surface area (Å²) >= 11 is 6.05. The minimum atomic E-state index is -0.413. The third kappa shape index (κ3) is 5.98. The van der Waals surface area contributed by atoms with E-state index >= 15 is 0 Å². The lowest BCUT2D eigenvalue weighted by atomic mass is 10.1. The summed E-state index contributed by atoms with van der Waals surface area (Å²) in [5.74, 6) is 0.694. The number of halogens is 2. The Kier molecular flexibility index (Phi) is 7.18. The maximum absolute atomic E-state index is 13.9. The fourth-order valence-electron chi connectivity index (χ4n) is 4.14. The fraction of sp³-hybridized carbons (Fsp3) is 0.179. The Hall–Kier alpha value is -4.17. The molecule has 9 heteroatoms. The molecule has 37 heavy (non-hydrogen) atoms. The van der Waals surface area contributed by atoms with Crippen molar-refractivity contribution in [1.82, 2.24) is 14.9 Å². The number of urea groups is 1. The summed E-state index contributed by atoms with van der Waals surface area (Å²) in [6.07, 6.45) is 0.520. The number of hydrogen-bond donors (Lipinski definition) is 1. The highest BCUT2D eigenvalue weighted by Gasteiger charge is 2.27. The first-order valence-electron chi connectivity index (χ1n) is 11.8. The summed E-state index contributed by atoms with van der Waals surface area (Å²) in [6, 6.07) is 22.6. The van der Waals surface area contributed by atoms with E-state index < -0.39 is 5.82 Å². The van der Waals surface area contributed by atoms with E-state index in [9.17, 15) is 9.18 Å². The summed E-state index contributed by atoms with van der Waals surface area (Å²) < 4.78 is 19.9. The number of rotatable bonds is 6. The number of benzene rings is 3. The van der Waals surface area contributed by atoms with Crippen molar-refractivity contribution in [1.29, 1.82) is 0 Å². The SMILES string of the molecule is CN(Cc1ccccc1)c1nc2c(c(Oc3cccc(F)c3)n1)CN(C(=O)Nc1cccc(Cl)c1)CC2. The maximum Gasteiger partial charge on any atom is 0.322 e. The van der Waals surface area contributed by atoms with Crippen molar-refractivity contribution in [3.8, 4) is 11.6 Å². The number of amides is 2. The Balaban J connectivity index is 1.43. The van der Waals surface area contributed by atoms with Crippen LogP contribution in [0.15, 0.2) is 78.9 Å². The van der Waals surface area contributed by atoms with Crippen LogP contribution in [0.4, 0.5) is 20.8 Å². The molecule has 188 valence electrons. The first kappa shape index (κ1) is 24.5. The molecule has 0 fully saturated rings. The van der Waals surface area contributed by atoms with Crippen LogP contribution in [-0.4, -0.2) is 34.5 Å². The average molecular weight is 518 g/mol. The zero-order valence-corrected chi connectivity index (χ0v) is 21.0. The molecular weight excluding hydrogens is 493 g/mol. The van der Waals surface area contributed by atoms with Gasteiger partial charge in [0.1, 0.15) is 11.6 Å². The number of carbonyl (C=O) groups is 1. The van der Waals surface area contributed by atoms with Gasteiger partial charge < -0.3 is 19.9 Å². The van der Waals surface area contributed by atoms with Crippen LogP contribution >= 0.6 is 11.6 Å². The lowest BCUT2D eigenvalue weighted by Gasteiger charge is -2.30. The largest absolute Gasteiger partial charge is 0.438 e. The Labute approximate surface area is 219 Å². The van der Waals surface area contributed by atoms with Crippen LogP contribution in [0.5, 0.6) is 11.6 Å². The molecule has 3 aromatic carbocycles. The van der Waals surface area contributed by atoms with Crippen molar-refractivity contribution in [3.63, 3.8) is 0 Å². The summed E-state index contributed by atoms with van der Waals surface area (Å²) in [6.45, 7) is 1.32. The topological polar surface area (TPSA) is 70.6 Å². The van der Waals surface area contributed by atoms with Crippen LogP contribution in [0.2, 0.25) is 5.02 Å². The van der Waals surface area contributed by atoms with Gasteiger partial charge in [-0.2, -0.15) is 4.98 Å². The molecule has 1 aliphatic rings. The Morgan fingerprint density at radius 3 is 2.68 bits per heavy atom. The summed E-state index contributed by atoms with van der Waals surface area (Å²) in [4.78, 5) is 26.1. The van der Waals surface area contributed by atoms with Crippen LogP contribution in [0.3, 0.4) is 0 Å². The minimum absolute atomic E-state index is 0.245. The number of ether oxygens (including phenoxy) is 1. The van der Waals surface area contributed by atoms with E-state index in [0.29, 0.717) is 53.4 Å². The quantitative estimate of drug-likeness (QED) is 0.325. The van der Waals surface area contributed by atoms with Crippen molar-refractivity contribution >= 4 is 29.3 Å². The molecule has 2 amide bonds. The second-order valence-electron chi connectivity index (χ2n) is 8.77. The number of fused-ring (bicyclic) bond motifs is 1. The van der Waals surface area contributed by atoms with Crippen LogP contribution in [-0.2, 0) is 19.5 Å². The summed E-state index contributed by atoms with van der Waals surface area (Å²) in [5, 5.41) is 3.42. The Bertz CT molecular complexity index is 1420. The summed E-state index contributed by atoms with van der Waals surface area (Å²) in [7, 11) is 1.91. The number of nitrogens with one attached hydrogen (secondary N) is 1. The van der Waals surface area contributed by atoms with Gasteiger partial charge in [-0.25, -0.2) is 14.2 Å². The molecule has 0 aliphatic carbocycles. The van der Waals surface area contributed by atoms with Gasteiger partial charge in [-0.05, 0) is 35.9 Å². The number of nitrogens with zero attached hydrogens (tertiary/aromatic N) is 4. The maximum atomic E-state index is 13.9. The molecule has 5 rings (SSSR count). The van der Waals surface area contributed by atoms with E-state index in [-0.39, 0.29) is 12.6 Å². The predicted molar refractivity (Wildman–Crippen MR) is 142 cm³/mol. The number of carbonyl (C=O) groups excluding carboxylic acids is 1. The van der Waals surface area contributed by atoms with Crippen molar-refractivity contribution in [2.24, 2.45) is 0 Å². The molecule has 7 nitrogen and oxygen atoms in total. The second-order valence-corrected chi connectivity index (χ2v) is 9.20. The Morgan fingerprint density at radius 1 is 1.08 bits per heavy atom. The predicted octanol–water partition coefficient (Wildman–Crippen LogP) is 6.29. The molecule has 0 saturated heterocycles. The lowest BCUT2D eigenvalue weighted by molar-refractivity contribution is 0.205. The minimum Gasteiger partial charge on any atom is -0.438 e. The molecule has 0 spiro atoms. The zero-order valence-electron chi connectivity index (χ0n) is 20.2. The standard InChI is InChI=1S/C28H25ClFN5O2/c1-34(17-19-7-3-2-4-8-19)27-32-25-13-14-35(28(36)31-22-11-5-9-20(29)15-22)18-24(25)26(33-27)37-23-12-6-10-21(30)16-23/h2-12,15-16H,13-14,17-18H2,1H3,(H,31,36). The average Bonchev–Trinajstić information content (AvgIpc) is 2.89. The van der Waals surface area contributed by atoms with Crippen LogP contribution in [0, 0.1) is 5.82 Å². The summed E-state index contributed by atoms with van der Waals surface area (Å²) in [5.41, 5.74) is 3.20. The van der Waals surface area contributed by atoms with Gasteiger partial charge in [0.2, 0.25) is 11.8 Å². The molecule has 0 atom stereocenters. The molecule has 1 N–H and O–H groups in total. The van der Waals surface area contributed by atoms with E-state index in [1.165, 1.54) is 12.1 Å². The van der Waals surface area contributed by atoms with Gasteiger partial charge in [0.05, 0.1) is 17.8 Å². The van der Waals surface area contributed by atoms with Crippen LogP contribution in [0.25, 0.3) is 0 Å². The van der Waals surface area contributed by atoms with Gasteiger partial charge in [0, 0.05) is 43.3 Å². The van der Waals surface area contributed by atoms with Gasteiger partial charge >= 0.3 is 6.03 Å². The molecule has 1 aromatic heterocycles. The molecular formula is C28H25ClFN5O2. The van der Waals surface area contributed by atoms with Gasteiger partial charge in [0.25, 0.3) is 0 Å². The van der Waals surface area contributed by atoms with E-state index in [0.717, 1.165) is 11.3 Å². The zero-order chi connectivity index (χ0) is 25.8. The van der Waals surface area contributed by atoms with E-state index in [1.807, 2.05) is 42.3 Å².